The first-order valence-electron chi connectivity index (χ1n) is 6.90. The molecule has 3 aliphatic rings. The number of carbonyl (C=O) groups is 1. The molecule has 3 fully saturated rings. The van der Waals surface area contributed by atoms with E-state index < -0.39 is 0 Å². The number of fused-ring (bicyclic) bond motifs is 5. The van der Waals surface area contributed by atoms with Gasteiger partial charge in [-0.25, -0.2) is 0 Å². The van der Waals surface area contributed by atoms with Gasteiger partial charge >= 0.3 is 0 Å². The van der Waals surface area contributed by atoms with Crippen LogP contribution in [0, 0.1) is 23.7 Å². The minimum Gasteiger partial charge on any atom is -0.399 e. The predicted molar refractivity (Wildman–Crippen MR) is 69.9 cm³/mol. The Bertz CT molecular complexity index is 480. The van der Waals surface area contributed by atoms with Crippen molar-refractivity contribution in [2.75, 3.05) is 5.73 Å². The van der Waals surface area contributed by atoms with Gasteiger partial charge in [0.1, 0.15) is 0 Å². The van der Waals surface area contributed by atoms with E-state index in [1.807, 2.05) is 0 Å². The van der Waals surface area contributed by atoms with Gasteiger partial charge in [0, 0.05) is 17.3 Å². The molecule has 2 bridgehead atoms. The molecule has 0 heterocycles. The van der Waals surface area contributed by atoms with Gasteiger partial charge in [-0.1, -0.05) is 0 Å². The van der Waals surface area contributed by atoms with E-state index in [4.69, 9.17) is 5.73 Å². The monoisotopic (exact) mass is 242 g/mol. The van der Waals surface area contributed by atoms with Crippen molar-refractivity contribution in [2.24, 2.45) is 23.7 Å². The normalized spacial score (nSPS) is 39.4. The molecular formula is C15H18N2O. The van der Waals surface area contributed by atoms with Crippen LogP contribution in [0.1, 0.15) is 29.6 Å². The number of nitrogens with one attached hydrogen (secondary N) is 1. The number of nitrogen functional groups attached to an aromatic ring is 1. The first-order valence-corrected chi connectivity index (χ1v) is 6.90. The Morgan fingerprint density at radius 3 is 2.33 bits per heavy atom. The Kier molecular flexibility index (Phi) is 2.02. The van der Waals surface area contributed by atoms with Crippen LogP contribution in [0.3, 0.4) is 0 Å². The van der Waals surface area contributed by atoms with Crippen LogP contribution in [0.15, 0.2) is 24.3 Å². The van der Waals surface area contributed by atoms with E-state index >= 15 is 0 Å². The molecule has 1 amide bonds. The van der Waals surface area contributed by atoms with Crippen molar-refractivity contribution >= 4 is 11.6 Å². The van der Waals surface area contributed by atoms with Gasteiger partial charge in [0.15, 0.2) is 0 Å². The van der Waals surface area contributed by atoms with Crippen LogP contribution in [0.4, 0.5) is 5.69 Å². The van der Waals surface area contributed by atoms with Gasteiger partial charge < -0.3 is 11.1 Å². The van der Waals surface area contributed by atoms with Gasteiger partial charge in [-0.3, -0.25) is 4.79 Å². The third-order valence-electron chi connectivity index (χ3n) is 5.21. The molecule has 94 valence electrons. The van der Waals surface area contributed by atoms with Crippen LogP contribution in [-0.2, 0) is 0 Å². The molecule has 4 unspecified atom stereocenters. The highest BCUT2D eigenvalue weighted by atomic mass is 16.1. The molecule has 3 nitrogen and oxygen atoms in total. The lowest BCUT2D eigenvalue weighted by Gasteiger charge is -2.10. The summed E-state index contributed by atoms with van der Waals surface area (Å²) >= 11 is 0. The predicted octanol–water partition coefficient (Wildman–Crippen LogP) is 2.04. The number of amides is 1. The van der Waals surface area contributed by atoms with Gasteiger partial charge in [0.05, 0.1) is 0 Å². The second kappa shape index (κ2) is 3.50. The summed E-state index contributed by atoms with van der Waals surface area (Å²) in [5.74, 6) is 3.45. The van der Waals surface area contributed by atoms with Crippen molar-refractivity contribution in [3.8, 4) is 0 Å². The number of rotatable bonds is 2. The van der Waals surface area contributed by atoms with Crippen LogP contribution in [-0.4, -0.2) is 11.9 Å². The first-order chi connectivity index (χ1) is 8.74. The van der Waals surface area contributed by atoms with E-state index in [2.05, 4.69) is 5.32 Å². The third-order valence-corrected chi connectivity index (χ3v) is 5.21. The Hall–Kier alpha value is -1.51. The quantitative estimate of drug-likeness (QED) is 0.780. The third kappa shape index (κ3) is 1.39. The molecule has 1 aromatic rings. The second-order valence-electron chi connectivity index (χ2n) is 6.11. The second-order valence-corrected chi connectivity index (χ2v) is 6.11. The Balaban J connectivity index is 1.44. The Morgan fingerprint density at radius 1 is 1.11 bits per heavy atom. The molecule has 0 radical (unpaired) electrons. The number of hydrogen-bond donors (Lipinski definition) is 2. The van der Waals surface area contributed by atoms with Gasteiger partial charge in [-0.05, 0) is 67.2 Å². The Morgan fingerprint density at radius 2 is 1.72 bits per heavy atom. The Labute approximate surface area is 107 Å². The van der Waals surface area contributed by atoms with Crippen LogP contribution in [0.25, 0.3) is 0 Å². The zero-order valence-corrected chi connectivity index (χ0v) is 10.3. The van der Waals surface area contributed by atoms with Gasteiger partial charge in [0.25, 0.3) is 5.91 Å². The van der Waals surface area contributed by atoms with Crippen molar-refractivity contribution in [2.45, 2.75) is 25.3 Å². The SMILES string of the molecule is Nc1ccc(C(=O)NC2C3C4CCC(C4)C23)cc1. The summed E-state index contributed by atoms with van der Waals surface area (Å²) in [7, 11) is 0. The summed E-state index contributed by atoms with van der Waals surface area (Å²) in [6.45, 7) is 0. The summed E-state index contributed by atoms with van der Waals surface area (Å²) in [6, 6.07) is 7.63. The summed E-state index contributed by atoms with van der Waals surface area (Å²) in [4.78, 5) is 12.1. The van der Waals surface area contributed by atoms with E-state index in [9.17, 15) is 4.79 Å². The highest BCUT2D eigenvalue weighted by Gasteiger charge is 2.65. The molecule has 0 spiro atoms. The lowest BCUT2D eigenvalue weighted by atomic mass is 10.0. The fourth-order valence-corrected chi connectivity index (χ4v) is 4.39. The molecule has 18 heavy (non-hydrogen) atoms. The van der Waals surface area contributed by atoms with Gasteiger partial charge in [-0.2, -0.15) is 0 Å². The van der Waals surface area contributed by atoms with Gasteiger partial charge in [-0.15, -0.1) is 0 Å². The summed E-state index contributed by atoms with van der Waals surface area (Å²) in [5.41, 5.74) is 7.05. The fraction of sp³-hybridized carbons (Fsp3) is 0.533. The zero-order chi connectivity index (χ0) is 12.3. The zero-order valence-electron chi connectivity index (χ0n) is 10.3. The summed E-state index contributed by atoms with van der Waals surface area (Å²) in [5, 5.41) is 3.21. The lowest BCUT2D eigenvalue weighted by Crippen LogP contribution is -2.29. The maximum atomic E-state index is 12.1. The molecule has 0 aliphatic heterocycles. The van der Waals surface area contributed by atoms with E-state index in [0.717, 1.165) is 29.2 Å². The molecule has 3 saturated carbocycles. The highest BCUT2D eigenvalue weighted by Crippen LogP contribution is 2.65. The molecular weight excluding hydrogens is 224 g/mol. The molecule has 3 aliphatic carbocycles. The molecule has 3 heteroatoms. The van der Waals surface area contributed by atoms with Crippen molar-refractivity contribution in [3.63, 3.8) is 0 Å². The van der Waals surface area contributed by atoms with Crippen molar-refractivity contribution in [1.82, 2.24) is 5.32 Å². The maximum Gasteiger partial charge on any atom is 0.251 e. The molecule has 1 aromatic carbocycles. The van der Waals surface area contributed by atoms with Crippen molar-refractivity contribution in [3.05, 3.63) is 29.8 Å². The molecule has 4 rings (SSSR count). The molecule has 4 atom stereocenters. The molecule has 3 N–H and O–H groups in total. The minimum atomic E-state index is 0.0637. The van der Waals surface area contributed by atoms with Crippen LogP contribution >= 0.6 is 0 Å². The van der Waals surface area contributed by atoms with E-state index in [0.29, 0.717) is 11.7 Å². The number of anilines is 1. The van der Waals surface area contributed by atoms with Crippen LogP contribution in [0.5, 0.6) is 0 Å². The number of nitrogens with two attached hydrogens (primary N) is 1. The standard InChI is InChI=1S/C15H18N2O/c16-11-5-3-8(4-6-11)15(18)17-14-12-9-1-2-10(7-9)13(12)14/h3-6,9-10,12-14H,1-2,7,16H2,(H,17,18). The summed E-state index contributed by atoms with van der Waals surface area (Å²) in [6.07, 6.45) is 4.20. The molecule has 0 saturated heterocycles. The van der Waals surface area contributed by atoms with E-state index in [1.54, 1.807) is 24.3 Å². The van der Waals surface area contributed by atoms with E-state index in [1.165, 1.54) is 19.3 Å². The number of benzene rings is 1. The van der Waals surface area contributed by atoms with Crippen molar-refractivity contribution < 1.29 is 4.79 Å². The first kappa shape index (κ1) is 10.4. The average Bonchev–Trinajstić information content (AvgIpc) is 2.78. The van der Waals surface area contributed by atoms with Crippen LogP contribution in [0.2, 0.25) is 0 Å². The highest BCUT2D eigenvalue weighted by molar-refractivity contribution is 5.95. The summed E-state index contributed by atoms with van der Waals surface area (Å²) < 4.78 is 0. The number of carbonyl (C=O) groups excluding carboxylic acids is 1. The fourth-order valence-electron chi connectivity index (χ4n) is 4.39. The van der Waals surface area contributed by atoms with Gasteiger partial charge in [0.2, 0.25) is 0 Å². The molecule has 0 aromatic heterocycles. The minimum absolute atomic E-state index is 0.0637. The maximum absolute atomic E-state index is 12.1. The van der Waals surface area contributed by atoms with Crippen molar-refractivity contribution in [1.29, 1.82) is 0 Å². The smallest absolute Gasteiger partial charge is 0.251 e. The lowest BCUT2D eigenvalue weighted by molar-refractivity contribution is 0.0944. The number of hydrogen-bond acceptors (Lipinski definition) is 2. The topological polar surface area (TPSA) is 55.1 Å². The van der Waals surface area contributed by atoms with E-state index in [-0.39, 0.29) is 5.91 Å². The largest absolute Gasteiger partial charge is 0.399 e. The average molecular weight is 242 g/mol. The van der Waals surface area contributed by atoms with Crippen LogP contribution < -0.4 is 11.1 Å².